The molecular formula is C26H28FN3O. The molecule has 31 heavy (non-hydrogen) atoms. The molecular weight excluding hydrogens is 389 g/mol. The van der Waals surface area contributed by atoms with E-state index in [2.05, 4.69) is 33.4 Å². The first kappa shape index (κ1) is 21.2. The lowest BCUT2D eigenvalue weighted by molar-refractivity contribution is -0.130. The van der Waals surface area contributed by atoms with Gasteiger partial charge >= 0.3 is 0 Å². The number of hydrogen-bond acceptors (Lipinski definition) is 3. The van der Waals surface area contributed by atoms with E-state index in [1.54, 1.807) is 18.3 Å². The van der Waals surface area contributed by atoms with E-state index in [1.165, 1.54) is 6.07 Å². The van der Waals surface area contributed by atoms with Crippen molar-refractivity contribution in [3.8, 4) is 11.1 Å². The van der Waals surface area contributed by atoms with E-state index >= 15 is 0 Å². The molecule has 1 aliphatic rings. The number of nitrogens with one attached hydrogen (secondary N) is 1. The Labute approximate surface area is 183 Å². The van der Waals surface area contributed by atoms with Crippen LogP contribution in [0.4, 0.5) is 4.39 Å². The van der Waals surface area contributed by atoms with Gasteiger partial charge in [0.1, 0.15) is 5.82 Å². The number of likely N-dealkylation sites (tertiary alicyclic amines) is 1. The molecule has 4 rings (SSSR count). The minimum atomic E-state index is -0.489. The zero-order chi connectivity index (χ0) is 21.7. The molecule has 160 valence electrons. The highest BCUT2D eigenvalue weighted by molar-refractivity contribution is 5.83. The Morgan fingerprint density at radius 2 is 1.90 bits per heavy atom. The van der Waals surface area contributed by atoms with Crippen LogP contribution in [0.1, 0.15) is 24.5 Å². The highest BCUT2D eigenvalue weighted by Crippen LogP contribution is 2.36. The van der Waals surface area contributed by atoms with Crippen LogP contribution in [0, 0.1) is 11.2 Å². The molecule has 1 N–H and O–H groups in total. The van der Waals surface area contributed by atoms with Crippen molar-refractivity contribution in [1.29, 1.82) is 0 Å². The highest BCUT2D eigenvalue weighted by Gasteiger charge is 2.44. The molecule has 1 atom stereocenters. The predicted molar refractivity (Wildman–Crippen MR) is 121 cm³/mol. The van der Waals surface area contributed by atoms with Gasteiger partial charge in [0.25, 0.3) is 0 Å². The van der Waals surface area contributed by atoms with Gasteiger partial charge in [-0.1, -0.05) is 42.5 Å². The lowest BCUT2D eigenvalue weighted by Gasteiger charge is -2.28. The van der Waals surface area contributed by atoms with Gasteiger partial charge in [0.2, 0.25) is 5.91 Å². The van der Waals surface area contributed by atoms with Gasteiger partial charge in [-0.25, -0.2) is 4.39 Å². The summed E-state index contributed by atoms with van der Waals surface area (Å²) < 4.78 is 13.6. The summed E-state index contributed by atoms with van der Waals surface area (Å²) in [6, 6.07) is 19.1. The quantitative estimate of drug-likeness (QED) is 0.617. The molecule has 1 saturated heterocycles. The van der Waals surface area contributed by atoms with Gasteiger partial charge in [0.05, 0.1) is 5.41 Å². The Hall–Kier alpha value is -3.05. The second-order valence-corrected chi connectivity index (χ2v) is 8.35. The fraction of sp³-hybridized carbons (Fsp3) is 0.308. The number of hydrogen-bond donors (Lipinski definition) is 1. The third-order valence-electron chi connectivity index (χ3n) is 6.01. The topological polar surface area (TPSA) is 45.2 Å². The maximum Gasteiger partial charge on any atom is 0.227 e. The second-order valence-electron chi connectivity index (χ2n) is 8.35. The summed E-state index contributed by atoms with van der Waals surface area (Å²) >= 11 is 0. The summed E-state index contributed by atoms with van der Waals surface area (Å²) in [5.41, 5.74) is 3.75. The van der Waals surface area contributed by atoms with Crippen LogP contribution in [0.3, 0.4) is 0 Å². The number of nitrogens with zero attached hydrogens (tertiary/aromatic N) is 2. The molecule has 0 spiro atoms. The summed E-state index contributed by atoms with van der Waals surface area (Å²) in [6.07, 6.45) is 5.08. The molecule has 3 aromatic rings. The van der Waals surface area contributed by atoms with Crippen molar-refractivity contribution in [3.05, 3.63) is 90.0 Å². The first-order valence-corrected chi connectivity index (χ1v) is 10.8. The fourth-order valence-electron chi connectivity index (χ4n) is 4.53. The van der Waals surface area contributed by atoms with Crippen molar-refractivity contribution in [1.82, 2.24) is 15.2 Å². The Kier molecular flexibility index (Phi) is 6.42. The molecule has 1 aromatic heterocycles. The maximum atomic E-state index is 13.6. The zero-order valence-electron chi connectivity index (χ0n) is 17.9. The number of aromatic nitrogens is 1. The van der Waals surface area contributed by atoms with E-state index in [0.29, 0.717) is 26.1 Å². The molecule has 1 fully saturated rings. The third-order valence-corrected chi connectivity index (χ3v) is 6.01. The number of rotatable bonds is 7. The lowest BCUT2D eigenvalue weighted by atomic mass is 9.79. The number of carbonyl (C=O) groups is 1. The van der Waals surface area contributed by atoms with E-state index in [4.69, 9.17) is 0 Å². The van der Waals surface area contributed by atoms with Gasteiger partial charge in [0, 0.05) is 32.0 Å². The van der Waals surface area contributed by atoms with E-state index in [0.717, 1.165) is 35.2 Å². The van der Waals surface area contributed by atoms with Gasteiger partial charge in [0.15, 0.2) is 0 Å². The van der Waals surface area contributed by atoms with Gasteiger partial charge in [-0.05, 0) is 66.8 Å². The normalized spacial score (nSPS) is 18.8. The minimum absolute atomic E-state index is 0.100. The van der Waals surface area contributed by atoms with Gasteiger partial charge in [-0.2, -0.15) is 0 Å². The van der Waals surface area contributed by atoms with Crippen LogP contribution in [0.15, 0.2) is 73.1 Å². The van der Waals surface area contributed by atoms with Crippen LogP contribution < -0.4 is 5.32 Å². The molecule has 1 aliphatic heterocycles. The minimum Gasteiger partial charge on any atom is -0.356 e. The average molecular weight is 418 g/mol. The van der Waals surface area contributed by atoms with Crippen molar-refractivity contribution >= 4 is 5.91 Å². The summed E-state index contributed by atoms with van der Waals surface area (Å²) in [7, 11) is 0. The van der Waals surface area contributed by atoms with E-state index in [9.17, 15) is 9.18 Å². The van der Waals surface area contributed by atoms with Crippen molar-refractivity contribution in [2.75, 3.05) is 19.6 Å². The zero-order valence-corrected chi connectivity index (χ0v) is 17.9. The SMILES string of the molecule is CCNC(=O)[C@@]1(Cc2cccc(-c3cccnc3)c2)CCN(Cc2cccc(F)c2)C1. The van der Waals surface area contributed by atoms with Crippen molar-refractivity contribution in [2.45, 2.75) is 26.3 Å². The summed E-state index contributed by atoms with van der Waals surface area (Å²) in [4.78, 5) is 19.6. The van der Waals surface area contributed by atoms with Crippen molar-refractivity contribution < 1.29 is 9.18 Å². The lowest BCUT2D eigenvalue weighted by Crippen LogP contribution is -2.44. The number of carbonyl (C=O) groups excluding carboxylic acids is 1. The molecule has 2 heterocycles. The number of benzene rings is 2. The van der Waals surface area contributed by atoms with Crippen molar-refractivity contribution in [3.63, 3.8) is 0 Å². The Morgan fingerprint density at radius 3 is 2.68 bits per heavy atom. The Balaban J connectivity index is 1.55. The van der Waals surface area contributed by atoms with Gasteiger partial charge in [-0.15, -0.1) is 0 Å². The van der Waals surface area contributed by atoms with E-state index in [-0.39, 0.29) is 11.7 Å². The average Bonchev–Trinajstić information content (AvgIpc) is 3.18. The summed E-state index contributed by atoms with van der Waals surface area (Å²) in [6.45, 7) is 4.69. The number of pyridine rings is 1. The van der Waals surface area contributed by atoms with Gasteiger partial charge in [-0.3, -0.25) is 14.7 Å². The maximum absolute atomic E-state index is 13.6. The first-order valence-electron chi connectivity index (χ1n) is 10.8. The molecule has 0 bridgehead atoms. The molecule has 0 unspecified atom stereocenters. The fourth-order valence-corrected chi connectivity index (χ4v) is 4.53. The van der Waals surface area contributed by atoms with Crippen LogP contribution in [0.5, 0.6) is 0 Å². The van der Waals surface area contributed by atoms with E-state index in [1.807, 2.05) is 37.4 Å². The van der Waals surface area contributed by atoms with E-state index < -0.39 is 5.41 Å². The molecule has 0 radical (unpaired) electrons. The smallest absolute Gasteiger partial charge is 0.227 e. The largest absolute Gasteiger partial charge is 0.356 e. The van der Waals surface area contributed by atoms with Crippen LogP contribution in [-0.4, -0.2) is 35.4 Å². The first-order chi connectivity index (χ1) is 15.1. The van der Waals surface area contributed by atoms with Crippen LogP contribution in [0.25, 0.3) is 11.1 Å². The second kappa shape index (κ2) is 9.40. The molecule has 0 aliphatic carbocycles. The summed E-state index contributed by atoms with van der Waals surface area (Å²) in [5, 5.41) is 3.05. The van der Waals surface area contributed by atoms with Crippen molar-refractivity contribution in [2.24, 2.45) is 5.41 Å². The molecule has 0 saturated carbocycles. The summed E-state index contributed by atoms with van der Waals surface area (Å²) in [5.74, 6) is -0.123. The van der Waals surface area contributed by atoms with Crippen LogP contribution >= 0.6 is 0 Å². The number of amides is 1. The molecule has 4 nitrogen and oxygen atoms in total. The Bertz CT molecular complexity index is 1040. The molecule has 5 heteroatoms. The predicted octanol–water partition coefficient (Wildman–Crippen LogP) is 4.46. The van der Waals surface area contributed by atoms with Gasteiger partial charge < -0.3 is 5.32 Å². The monoisotopic (exact) mass is 417 g/mol. The molecule has 1 amide bonds. The number of halogens is 1. The van der Waals surface area contributed by atoms with Crippen LogP contribution in [-0.2, 0) is 17.8 Å². The highest BCUT2D eigenvalue weighted by atomic mass is 19.1. The Morgan fingerprint density at radius 1 is 1.10 bits per heavy atom. The standard InChI is InChI=1S/C26H28FN3O/c1-2-29-25(31)26(11-13-30(19-26)18-21-7-4-10-24(27)15-21)16-20-6-3-8-22(14-20)23-9-5-12-28-17-23/h3-10,12,14-15,17H,2,11,13,16,18-19H2,1H3,(H,29,31)/t26-/m1/s1. The third kappa shape index (κ3) is 5.00. The van der Waals surface area contributed by atoms with Crippen LogP contribution in [0.2, 0.25) is 0 Å². The molecule has 2 aromatic carbocycles.